The van der Waals surface area contributed by atoms with Crippen molar-refractivity contribution < 1.29 is 19.1 Å². The second kappa shape index (κ2) is 17.4. The van der Waals surface area contributed by atoms with Crippen molar-refractivity contribution in [1.29, 1.82) is 0 Å². The van der Waals surface area contributed by atoms with E-state index in [1.807, 2.05) is 24.4 Å². The molecule has 4 aromatic rings. The number of piperazine rings is 1. The minimum atomic E-state index is -0.261. The zero-order chi connectivity index (χ0) is 41.3. The van der Waals surface area contributed by atoms with Crippen molar-refractivity contribution in [1.82, 2.24) is 34.6 Å². The number of pyridine rings is 2. The molecule has 3 aromatic heterocycles. The zero-order valence-electron chi connectivity index (χ0n) is 34.8. The van der Waals surface area contributed by atoms with Gasteiger partial charge in [-0.25, -0.2) is 9.97 Å². The van der Waals surface area contributed by atoms with Crippen LogP contribution >= 0.6 is 0 Å². The average Bonchev–Trinajstić information content (AvgIpc) is 3.79. The molecule has 2 amide bonds. The van der Waals surface area contributed by atoms with Crippen molar-refractivity contribution >= 4 is 51.8 Å². The van der Waals surface area contributed by atoms with Crippen LogP contribution in [0.15, 0.2) is 53.6 Å². The number of Topliss-reactive ketones (excluding diaryl/α,β-unsaturated/α-hetero) is 1. The minimum absolute atomic E-state index is 0.0205. The third kappa shape index (κ3) is 8.39. The average molecular weight is 817 g/mol. The first-order valence-electron chi connectivity index (χ1n) is 21.9. The number of morpholine rings is 1. The van der Waals surface area contributed by atoms with Crippen LogP contribution in [0.4, 0.5) is 23.1 Å². The Morgan fingerprint density at radius 3 is 2.27 bits per heavy atom. The first kappa shape index (κ1) is 40.2. The molecular formula is C45H56N10O5. The first-order valence-corrected chi connectivity index (χ1v) is 21.9. The highest BCUT2D eigenvalue weighted by molar-refractivity contribution is 6.01. The lowest BCUT2D eigenvalue weighted by molar-refractivity contribution is -0.134. The zero-order valence-corrected chi connectivity index (χ0v) is 34.8. The number of amides is 2. The van der Waals surface area contributed by atoms with Gasteiger partial charge in [-0.2, -0.15) is 4.98 Å². The molecule has 316 valence electrons. The molecule has 0 bridgehead atoms. The highest BCUT2D eigenvalue weighted by Gasteiger charge is 2.32. The van der Waals surface area contributed by atoms with E-state index in [9.17, 15) is 19.2 Å². The molecule has 7 heterocycles. The lowest BCUT2D eigenvalue weighted by Gasteiger charge is -2.44. The summed E-state index contributed by atoms with van der Waals surface area (Å²) in [6.45, 7) is 12.6. The number of rotatable bonds is 10. The number of fused-ring (bicyclic) bond motifs is 1. The van der Waals surface area contributed by atoms with E-state index in [2.05, 4.69) is 53.4 Å². The number of aromatic nitrogens is 4. The van der Waals surface area contributed by atoms with Crippen molar-refractivity contribution in [2.75, 3.05) is 80.6 Å². The van der Waals surface area contributed by atoms with Crippen LogP contribution in [0.25, 0.3) is 11.0 Å². The van der Waals surface area contributed by atoms with Crippen molar-refractivity contribution in [3.05, 3.63) is 75.8 Å². The van der Waals surface area contributed by atoms with Gasteiger partial charge in [0.25, 0.3) is 5.56 Å². The van der Waals surface area contributed by atoms with E-state index in [-0.39, 0.29) is 46.8 Å². The summed E-state index contributed by atoms with van der Waals surface area (Å²) in [7, 11) is 0. The summed E-state index contributed by atoms with van der Waals surface area (Å²) in [4.78, 5) is 74.1. The van der Waals surface area contributed by atoms with Gasteiger partial charge in [0.1, 0.15) is 11.5 Å². The van der Waals surface area contributed by atoms with Crippen molar-refractivity contribution in [2.45, 2.75) is 89.3 Å². The third-order valence-corrected chi connectivity index (χ3v) is 13.5. The summed E-state index contributed by atoms with van der Waals surface area (Å²) < 4.78 is 8.04. The summed E-state index contributed by atoms with van der Waals surface area (Å²) in [5.41, 5.74) is 4.39. The van der Waals surface area contributed by atoms with Gasteiger partial charge in [0.2, 0.25) is 17.8 Å². The molecule has 4 aliphatic heterocycles. The number of anilines is 4. The summed E-state index contributed by atoms with van der Waals surface area (Å²) in [6.07, 6.45) is 10.9. The number of aryl methyl sites for hydroxylation is 1. The monoisotopic (exact) mass is 816 g/mol. The predicted molar refractivity (Wildman–Crippen MR) is 230 cm³/mol. The number of nitrogens with one attached hydrogen (secondary N) is 2. The van der Waals surface area contributed by atoms with E-state index < -0.39 is 0 Å². The summed E-state index contributed by atoms with van der Waals surface area (Å²) in [5, 5.41) is 6.44. The normalized spacial score (nSPS) is 22.7. The number of carbonyl (C=O) groups is 3. The lowest BCUT2D eigenvalue weighted by atomic mass is 9.90. The molecule has 1 unspecified atom stereocenters. The summed E-state index contributed by atoms with van der Waals surface area (Å²) in [6, 6.07) is 12.9. The Morgan fingerprint density at radius 1 is 0.833 bits per heavy atom. The van der Waals surface area contributed by atoms with Gasteiger partial charge in [-0.05, 0) is 81.3 Å². The summed E-state index contributed by atoms with van der Waals surface area (Å²) in [5.74, 6) is 0.132. The maximum Gasteiger partial charge on any atom is 0.263 e. The lowest BCUT2D eigenvalue weighted by Crippen LogP contribution is -2.55. The second-order valence-electron chi connectivity index (χ2n) is 17.2. The third-order valence-electron chi connectivity index (χ3n) is 13.5. The number of nitrogens with zero attached hydrogens (tertiary/aromatic N) is 8. The number of hydrogen-bond acceptors (Lipinski definition) is 13. The molecule has 2 N–H and O–H groups in total. The molecule has 60 heavy (non-hydrogen) atoms. The molecule has 2 atom stereocenters. The van der Waals surface area contributed by atoms with E-state index in [1.54, 1.807) is 17.7 Å². The SMILES string of the molecule is CC(=O)c1c(C)c2cnc(Nc3ccc(N4CCN(C[C@H]5CN(C6CCN(c7ccc(C8CCC(=O)NC8=O)cc7)CC6)CCO5)CC4)cn3)nc2n(C2CCCC2)c1=O. The van der Waals surface area contributed by atoms with Gasteiger partial charge in [-0.3, -0.25) is 38.9 Å². The molecule has 4 saturated heterocycles. The van der Waals surface area contributed by atoms with Crippen molar-refractivity contribution in [2.24, 2.45) is 0 Å². The number of hydrogen-bond donors (Lipinski definition) is 2. The molecule has 9 rings (SSSR count). The van der Waals surface area contributed by atoms with E-state index in [4.69, 9.17) is 14.7 Å². The number of imide groups is 1. The highest BCUT2D eigenvalue weighted by Crippen LogP contribution is 2.33. The Bertz CT molecular complexity index is 2280. The van der Waals surface area contributed by atoms with E-state index in [1.165, 1.54) is 12.6 Å². The van der Waals surface area contributed by atoms with E-state index in [0.717, 1.165) is 121 Å². The molecule has 5 aliphatic rings. The molecule has 15 heteroatoms. The quantitative estimate of drug-likeness (QED) is 0.170. The van der Waals surface area contributed by atoms with Gasteiger partial charge in [-0.15, -0.1) is 0 Å². The summed E-state index contributed by atoms with van der Waals surface area (Å²) >= 11 is 0. The fourth-order valence-corrected chi connectivity index (χ4v) is 10.1. The molecule has 0 spiro atoms. The highest BCUT2D eigenvalue weighted by atomic mass is 16.5. The number of ether oxygens (including phenoxy) is 1. The fourth-order valence-electron chi connectivity index (χ4n) is 10.1. The van der Waals surface area contributed by atoms with Gasteiger partial charge in [0.15, 0.2) is 5.78 Å². The Kier molecular flexibility index (Phi) is 11.6. The Labute approximate surface area is 350 Å². The number of ketones is 1. The van der Waals surface area contributed by atoms with E-state index >= 15 is 0 Å². The van der Waals surface area contributed by atoms with Crippen LogP contribution in [-0.2, 0) is 14.3 Å². The maximum absolute atomic E-state index is 13.6. The van der Waals surface area contributed by atoms with Gasteiger partial charge < -0.3 is 19.9 Å². The molecule has 0 radical (unpaired) electrons. The van der Waals surface area contributed by atoms with Crippen LogP contribution in [-0.4, -0.2) is 125 Å². The number of benzene rings is 1. The van der Waals surface area contributed by atoms with Crippen LogP contribution in [0.3, 0.4) is 0 Å². The Morgan fingerprint density at radius 2 is 1.57 bits per heavy atom. The van der Waals surface area contributed by atoms with Crippen molar-refractivity contribution in [3.63, 3.8) is 0 Å². The van der Waals surface area contributed by atoms with Gasteiger partial charge >= 0.3 is 0 Å². The molecule has 5 fully saturated rings. The minimum Gasteiger partial charge on any atom is -0.374 e. The van der Waals surface area contributed by atoms with Crippen LogP contribution in [0.5, 0.6) is 0 Å². The van der Waals surface area contributed by atoms with Crippen LogP contribution < -0.4 is 26.0 Å². The number of carbonyl (C=O) groups excluding carboxylic acids is 3. The van der Waals surface area contributed by atoms with Crippen LogP contribution in [0.2, 0.25) is 0 Å². The Balaban J connectivity index is 0.748. The van der Waals surface area contributed by atoms with Crippen LogP contribution in [0.1, 0.15) is 91.7 Å². The maximum atomic E-state index is 13.6. The van der Waals surface area contributed by atoms with Gasteiger partial charge in [-0.1, -0.05) is 25.0 Å². The van der Waals surface area contributed by atoms with Crippen LogP contribution in [0, 0.1) is 6.92 Å². The first-order chi connectivity index (χ1) is 29.2. The molecule has 1 saturated carbocycles. The van der Waals surface area contributed by atoms with Crippen molar-refractivity contribution in [3.8, 4) is 0 Å². The topological polar surface area (TPSA) is 158 Å². The standard InChI is InChI=1S/C45H56N10O5/c1-29-38-26-47-45(50-42(38)55(34-5-3-4-6-34)44(59)41(29)30(2)56)48-39-13-11-35(25-46-39)53-21-19-51(20-22-53)27-36-28-54(23-24-60-36)33-15-17-52(18-16-33)32-9-7-31(8-10-32)37-12-14-40(57)49-43(37)58/h7-11,13,25-26,33-34,36-37H,3-6,12,14-24,27-28H2,1-2H3,(H,49,57,58)(H,46,47,48,50)/t36-,37?/m0/s1. The largest absolute Gasteiger partial charge is 0.374 e. The predicted octanol–water partition coefficient (Wildman–Crippen LogP) is 4.57. The van der Waals surface area contributed by atoms with E-state index in [0.29, 0.717) is 41.9 Å². The molecule has 1 aliphatic carbocycles. The molecule has 1 aromatic carbocycles. The number of piperidine rings is 2. The van der Waals surface area contributed by atoms with Gasteiger partial charge in [0, 0.05) is 94.7 Å². The fraction of sp³-hybridized carbons (Fsp3) is 0.533. The smallest absolute Gasteiger partial charge is 0.263 e. The van der Waals surface area contributed by atoms with Gasteiger partial charge in [0.05, 0.1) is 36.1 Å². The Hall–Kier alpha value is -5.25. The second-order valence-corrected chi connectivity index (χ2v) is 17.2. The molecular weight excluding hydrogens is 761 g/mol. The molecule has 15 nitrogen and oxygen atoms in total.